The molecule has 6 rings (SSSR count). The lowest BCUT2D eigenvalue weighted by Gasteiger charge is -2.33. The summed E-state index contributed by atoms with van der Waals surface area (Å²) in [5.41, 5.74) is 3.48. The number of hydrogen-bond donors (Lipinski definition) is 4. The first-order valence-electron chi connectivity index (χ1n) is 14.0. The summed E-state index contributed by atoms with van der Waals surface area (Å²) >= 11 is 0. The van der Waals surface area contributed by atoms with Gasteiger partial charge >= 0.3 is 0 Å². The Balaban J connectivity index is 1.13. The fraction of sp³-hybridized carbons (Fsp3) is 0.194. The van der Waals surface area contributed by atoms with E-state index in [0.717, 1.165) is 16.6 Å². The van der Waals surface area contributed by atoms with Crippen LogP contribution in [0.25, 0.3) is 22.2 Å². The van der Waals surface area contributed by atoms with Crippen molar-refractivity contribution in [2.45, 2.75) is 28.7 Å². The third-order valence-corrected chi connectivity index (χ3v) is 10.8. The van der Waals surface area contributed by atoms with Crippen molar-refractivity contribution in [3.8, 4) is 16.9 Å². The van der Waals surface area contributed by atoms with Crippen LogP contribution in [-0.4, -0.2) is 63.0 Å². The van der Waals surface area contributed by atoms with Gasteiger partial charge < -0.3 is 10.1 Å². The van der Waals surface area contributed by atoms with E-state index in [1.54, 1.807) is 74.1 Å². The minimum absolute atomic E-state index is 0.0450. The normalized spacial score (nSPS) is 15.2. The van der Waals surface area contributed by atoms with Crippen molar-refractivity contribution in [1.29, 1.82) is 0 Å². The minimum atomic E-state index is -3.58. The Morgan fingerprint density at radius 1 is 0.841 bits per heavy atom. The van der Waals surface area contributed by atoms with Gasteiger partial charge in [-0.3, -0.25) is 23.8 Å². The van der Waals surface area contributed by atoms with Crippen molar-refractivity contribution in [3.05, 3.63) is 97.5 Å². The topological polar surface area (TPSA) is 150 Å². The molecule has 0 saturated carbocycles. The van der Waals surface area contributed by atoms with Gasteiger partial charge in [-0.05, 0) is 73.0 Å². The number of aromatic nitrogens is 3. The quantitative estimate of drug-likeness (QED) is 0.150. The maximum atomic E-state index is 13.1. The zero-order chi connectivity index (χ0) is 30.7. The maximum absolute atomic E-state index is 13.1. The van der Waals surface area contributed by atoms with Crippen LogP contribution < -0.4 is 14.8 Å². The van der Waals surface area contributed by atoms with Gasteiger partial charge in [0.15, 0.2) is 0 Å². The number of rotatable bonds is 9. The van der Waals surface area contributed by atoms with Gasteiger partial charge in [-0.1, -0.05) is 35.0 Å². The van der Waals surface area contributed by atoms with E-state index in [1.165, 1.54) is 10.5 Å². The number of nitrogens with zero attached hydrogens (tertiary/aromatic N) is 4. The van der Waals surface area contributed by atoms with Crippen molar-refractivity contribution >= 4 is 43.3 Å². The zero-order valence-electron chi connectivity index (χ0n) is 23.9. The molecular weight excluding hydrogens is 601 g/mol. The monoisotopic (exact) mass is 632 g/mol. The molecule has 44 heavy (non-hydrogen) atoms. The summed E-state index contributed by atoms with van der Waals surface area (Å²) in [5, 5.41) is 3.42. The number of hydrogen-bond acceptors (Lipinski definition) is 10. The predicted octanol–water partition coefficient (Wildman–Crippen LogP) is 6.10. The summed E-state index contributed by atoms with van der Waals surface area (Å²) in [6.45, 7) is 0.785. The van der Waals surface area contributed by atoms with E-state index >= 15 is 0 Å². The molecule has 228 valence electrons. The number of nitrogens with one attached hydrogen (secondary N) is 2. The van der Waals surface area contributed by atoms with Crippen molar-refractivity contribution in [3.63, 3.8) is 0 Å². The molecule has 0 radical (unpaired) electrons. The van der Waals surface area contributed by atoms with Gasteiger partial charge in [0.05, 0.1) is 46.0 Å². The second-order valence-electron chi connectivity index (χ2n) is 10.4. The number of piperidine rings is 1. The summed E-state index contributed by atoms with van der Waals surface area (Å²) in [7, 11) is -5.30. The van der Waals surface area contributed by atoms with Crippen LogP contribution >= 0.6 is 10.8 Å². The average Bonchev–Trinajstić information content (AvgIpc) is 3.05. The average molecular weight is 633 g/mol. The van der Waals surface area contributed by atoms with Gasteiger partial charge in [0.2, 0.25) is 10.0 Å². The van der Waals surface area contributed by atoms with E-state index in [2.05, 4.69) is 20.0 Å². The van der Waals surface area contributed by atoms with E-state index in [4.69, 9.17) is 9.72 Å². The van der Waals surface area contributed by atoms with E-state index in [9.17, 15) is 17.5 Å². The third kappa shape index (κ3) is 6.47. The highest BCUT2D eigenvalue weighted by molar-refractivity contribution is 8.25. The molecule has 2 aromatic heterocycles. The Morgan fingerprint density at radius 3 is 2.32 bits per heavy atom. The summed E-state index contributed by atoms with van der Waals surface area (Å²) in [4.78, 5) is 14.3. The molecule has 1 aliphatic rings. The van der Waals surface area contributed by atoms with Gasteiger partial charge in [-0.2, -0.15) is 4.31 Å². The molecule has 1 saturated heterocycles. The summed E-state index contributed by atoms with van der Waals surface area (Å²) < 4.78 is 57.0. The second kappa shape index (κ2) is 12.4. The molecule has 0 amide bonds. The van der Waals surface area contributed by atoms with Gasteiger partial charge in [-0.15, -0.1) is 0 Å². The Labute approximate surface area is 257 Å². The van der Waals surface area contributed by atoms with E-state index < -0.39 is 20.8 Å². The van der Waals surface area contributed by atoms with Gasteiger partial charge in [0.1, 0.15) is 11.6 Å². The largest absolute Gasteiger partial charge is 0.497 e. The minimum Gasteiger partial charge on any atom is -0.497 e. The number of benzene rings is 3. The van der Waals surface area contributed by atoms with Crippen LogP contribution in [0.3, 0.4) is 0 Å². The highest BCUT2D eigenvalue weighted by Gasteiger charge is 2.29. The van der Waals surface area contributed by atoms with Gasteiger partial charge in [-0.25, -0.2) is 13.4 Å². The van der Waals surface area contributed by atoms with Crippen LogP contribution in [0, 0.1) is 0 Å². The van der Waals surface area contributed by atoms with Crippen LogP contribution in [0.2, 0.25) is 0 Å². The third-order valence-electron chi connectivity index (χ3n) is 7.45. The van der Waals surface area contributed by atoms with Gasteiger partial charge in [0.25, 0.3) is 0 Å². The van der Waals surface area contributed by atoms with Crippen LogP contribution in [0.5, 0.6) is 5.75 Å². The number of fused-ring (bicyclic) bond motifs is 1. The molecule has 4 N–H and O–H groups in total. The number of methoxy groups -OCH3 is 1. The van der Waals surface area contributed by atoms with E-state index in [0.29, 0.717) is 53.6 Å². The molecule has 3 aromatic carbocycles. The Morgan fingerprint density at radius 2 is 1.59 bits per heavy atom. The summed E-state index contributed by atoms with van der Waals surface area (Å²) in [6, 6.07) is 22.6. The van der Waals surface area contributed by atoms with Crippen LogP contribution in [0.4, 0.5) is 11.5 Å². The standard InChI is InChI=1S/C31H32N6O5S2/c1-42-26-8-10-28(11-9-26)44(40,41)37-15-13-24(14-16-37)34-31-21-33-29-12-7-22(18-30(29)35-31)23-17-25(20-32-19-23)36-43(38,39)27-5-3-2-4-6-27/h2-12,17-21,24,36,38-39H,13-16H2,1H3,(H,34,35). The molecule has 0 spiro atoms. The Bertz CT molecular complexity index is 1870. The smallest absolute Gasteiger partial charge is 0.243 e. The molecule has 5 aromatic rings. The van der Waals surface area contributed by atoms with Crippen LogP contribution in [0.1, 0.15) is 12.8 Å². The van der Waals surface area contributed by atoms with E-state index in [-0.39, 0.29) is 10.9 Å². The summed E-state index contributed by atoms with van der Waals surface area (Å²) in [5.74, 6) is 1.22. The number of pyridine rings is 1. The van der Waals surface area contributed by atoms with Gasteiger partial charge in [0, 0.05) is 30.9 Å². The van der Waals surface area contributed by atoms with Crippen molar-refractivity contribution < 1.29 is 22.3 Å². The molecule has 1 aliphatic heterocycles. The summed E-state index contributed by atoms with van der Waals surface area (Å²) in [6.07, 6.45) is 6.18. The highest BCUT2D eigenvalue weighted by atomic mass is 32.3. The van der Waals surface area contributed by atoms with E-state index in [1.807, 2.05) is 24.3 Å². The lowest BCUT2D eigenvalue weighted by Crippen LogP contribution is -2.42. The molecular formula is C31H32N6O5S2. The predicted molar refractivity (Wildman–Crippen MR) is 172 cm³/mol. The number of anilines is 2. The lowest BCUT2D eigenvalue weighted by molar-refractivity contribution is 0.329. The van der Waals surface area contributed by atoms with Crippen LogP contribution in [0.15, 0.2) is 107 Å². The molecule has 11 nitrogen and oxygen atoms in total. The fourth-order valence-electron chi connectivity index (χ4n) is 5.09. The van der Waals surface area contributed by atoms with Crippen molar-refractivity contribution in [2.75, 3.05) is 30.2 Å². The lowest BCUT2D eigenvalue weighted by atomic mass is 10.1. The Hall–Kier alpha value is -4.27. The molecule has 0 aliphatic carbocycles. The first kappa shape index (κ1) is 29.8. The van der Waals surface area contributed by atoms with Crippen molar-refractivity contribution in [2.24, 2.45) is 0 Å². The first-order chi connectivity index (χ1) is 21.2. The molecule has 3 heterocycles. The number of ether oxygens (including phenoxy) is 1. The molecule has 0 unspecified atom stereocenters. The second-order valence-corrected chi connectivity index (χ2v) is 14.1. The molecule has 1 fully saturated rings. The number of sulfonamides is 1. The first-order valence-corrected chi connectivity index (χ1v) is 16.9. The highest BCUT2D eigenvalue weighted by Crippen LogP contribution is 2.47. The molecule has 0 atom stereocenters. The fourth-order valence-corrected chi connectivity index (χ4v) is 7.66. The SMILES string of the molecule is COc1ccc(S(=O)(=O)N2CCC(Nc3cnc4ccc(-c5cncc(NS(O)(O)c6ccccc6)c5)cc4n3)CC2)cc1. The molecule has 13 heteroatoms. The van der Waals surface area contributed by atoms with Crippen LogP contribution in [-0.2, 0) is 10.0 Å². The maximum Gasteiger partial charge on any atom is 0.243 e. The van der Waals surface area contributed by atoms with Crippen molar-refractivity contribution in [1.82, 2.24) is 19.3 Å². The Kier molecular flexibility index (Phi) is 8.38. The zero-order valence-corrected chi connectivity index (χ0v) is 25.5. The molecule has 0 bridgehead atoms.